The van der Waals surface area contributed by atoms with E-state index >= 15 is 0 Å². The molecule has 1 unspecified atom stereocenters. The first-order chi connectivity index (χ1) is 15.2. The Balaban J connectivity index is 1.42. The SMILES string of the molecule is CC(NC(=O)c1cc2ccccc2nc1N1CCCC1)c1nc(-c2ccncc2)cs1. The summed E-state index contributed by atoms with van der Waals surface area (Å²) in [6.45, 7) is 3.84. The van der Waals surface area contributed by atoms with Crippen LogP contribution in [0.25, 0.3) is 22.2 Å². The van der Waals surface area contributed by atoms with Gasteiger partial charge in [0.2, 0.25) is 0 Å². The van der Waals surface area contributed by atoms with E-state index in [2.05, 4.69) is 15.2 Å². The Morgan fingerprint density at radius 1 is 1.10 bits per heavy atom. The summed E-state index contributed by atoms with van der Waals surface area (Å²) in [7, 11) is 0. The highest BCUT2D eigenvalue weighted by atomic mass is 32.1. The van der Waals surface area contributed by atoms with E-state index in [-0.39, 0.29) is 11.9 Å². The van der Waals surface area contributed by atoms with Crippen molar-refractivity contribution in [3.8, 4) is 11.3 Å². The van der Waals surface area contributed by atoms with E-state index < -0.39 is 0 Å². The smallest absolute Gasteiger partial charge is 0.255 e. The number of para-hydroxylation sites is 1. The maximum atomic E-state index is 13.3. The predicted molar refractivity (Wildman–Crippen MR) is 124 cm³/mol. The first-order valence-electron chi connectivity index (χ1n) is 10.5. The Hall–Kier alpha value is -3.32. The van der Waals surface area contributed by atoms with Gasteiger partial charge in [-0.1, -0.05) is 18.2 Å². The van der Waals surface area contributed by atoms with Crippen molar-refractivity contribution in [3.63, 3.8) is 0 Å². The number of pyridine rings is 2. The van der Waals surface area contributed by atoms with Gasteiger partial charge in [0.15, 0.2) is 0 Å². The number of amides is 1. The Labute approximate surface area is 185 Å². The maximum Gasteiger partial charge on any atom is 0.255 e. The van der Waals surface area contributed by atoms with Crippen molar-refractivity contribution in [2.24, 2.45) is 0 Å². The monoisotopic (exact) mass is 429 g/mol. The number of thiazole rings is 1. The topological polar surface area (TPSA) is 71.0 Å². The minimum absolute atomic E-state index is 0.117. The number of nitrogens with zero attached hydrogens (tertiary/aromatic N) is 4. The molecule has 31 heavy (non-hydrogen) atoms. The van der Waals surface area contributed by atoms with E-state index in [1.807, 2.05) is 54.8 Å². The van der Waals surface area contributed by atoms with E-state index in [9.17, 15) is 4.79 Å². The molecule has 156 valence electrons. The van der Waals surface area contributed by atoms with Crippen molar-refractivity contribution in [1.82, 2.24) is 20.3 Å². The van der Waals surface area contributed by atoms with Crippen LogP contribution in [-0.4, -0.2) is 33.9 Å². The lowest BCUT2D eigenvalue weighted by molar-refractivity contribution is 0.0940. The largest absolute Gasteiger partial charge is 0.356 e. The van der Waals surface area contributed by atoms with Crippen molar-refractivity contribution in [2.45, 2.75) is 25.8 Å². The number of anilines is 1. The molecular weight excluding hydrogens is 406 g/mol. The van der Waals surface area contributed by atoms with E-state index in [1.165, 1.54) is 0 Å². The van der Waals surface area contributed by atoms with Crippen LogP contribution in [-0.2, 0) is 0 Å². The zero-order valence-corrected chi connectivity index (χ0v) is 18.1. The van der Waals surface area contributed by atoms with Crippen LogP contribution >= 0.6 is 11.3 Å². The molecule has 1 amide bonds. The van der Waals surface area contributed by atoms with E-state index in [0.29, 0.717) is 5.56 Å². The molecular formula is C24H23N5OS. The summed E-state index contributed by atoms with van der Waals surface area (Å²) in [5.41, 5.74) is 3.45. The third-order valence-electron chi connectivity index (χ3n) is 5.57. The molecule has 0 bridgehead atoms. The number of hydrogen-bond donors (Lipinski definition) is 1. The zero-order valence-electron chi connectivity index (χ0n) is 17.3. The lowest BCUT2D eigenvalue weighted by Crippen LogP contribution is -2.30. The summed E-state index contributed by atoms with van der Waals surface area (Å²) in [5, 5.41) is 6.99. The van der Waals surface area contributed by atoms with Crippen LogP contribution < -0.4 is 10.2 Å². The fourth-order valence-corrected chi connectivity index (χ4v) is 4.76. The molecule has 3 aromatic heterocycles. The number of nitrogens with one attached hydrogen (secondary N) is 1. The van der Waals surface area contributed by atoms with E-state index in [1.54, 1.807) is 23.7 Å². The summed E-state index contributed by atoms with van der Waals surface area (Å²) in [6, 6.07) is 13.6. The number of hydrogen-bond acceptors (Lipinski definition) is 6. The number of carbonyl (C=O) groups is 1. The first kappa shape index (κ1) is 19.6. The normalized spacial score (nSPS) is 14.7. The third kappa shape index (κ3) is 4.01. The van der Waals surface area contributed by atoms with Crippen molar-refractivity contribution in [2.75, 3.05) is 18.0 Å². The molecule has 1 aliphatic rings. The van der Waals surface area contributed by atoms with Crippen LogP contribution in [0.15, 0.2) is 60.2 Å². The third-order valence-corrected chi connectivity index (χ3v) is 6.60. The van der Waals surface area contributed by atoms with Gasteiger partial charge in [0.25, 0.3) is 5.91 Å². The molecule has 6 nitrogen and oxygen atoms in total. The molecule has 0 spiro atoms. The van der Waals surface area contributed by atoms with Gasteiger partial charge in [-0.05, 0) is 44.0 Å². The van der Waals surface area contributed by atoms with Crippen LogP contribution in [0, 0.1) is 0 Å². The van der Waals surface area contributed by atoms with Gasteiger partial charge in [0, 0.05) is 41.8 Å². The highest BCUT2D eigenvalue weighted by molar-refractivity contribution is 7.10. The molecule has 5 rings (SSSR count). The van der Waals surface area contributed by atoms with Crippen molar-refractivity contribution < 1.29 is 4.79 Å². The average molecular weight is 430 g/mol. The lowest BCUT2D eigenvalue weighted by atomic mass is 10.1. The minimum atomic E-state index is -0.203. The standard InChI is InChI=1S/C24H23N5OS/c1-16(24-28-21(15-31-24)17-8-10-25-11-9-17)26-23(30)19-14-18-6-2-3-7-20(18)27-22(19)29-12-4-5-13-29/h2-3,6-11,14-16H,4-5,12-13H2,1H3,(H,26,30). The van der Waals surface area contributed by atoms with Crippen LogP contribution in [0.4, 0.5) is 5.82 Å². The van der Waals surface area contributed by atoms with Gasteiger partial charge in [-0.25, -0.2) is 9.97 Å². The number of aromatic nitrogens is 3. The van der Waals surface area contributed by atoms with Crippen LogP contribution in [0.3, 0.4) is 0 Å². The van der Waals surface area contributed by atoms with Gasteiger partial charge in [-0.3, -0.25) is 9.78 Å². The van der Waals surface area contributed by atoms with Crippen molar-refractivity contribution in [3.05, 3.63) is 70.8 Å². The van der Waals surface area contributed by atoms with Gasteiger partial charge in [0.1, 0.15) is 10.8 Å². The lowest BCUT2D eigenvalue weighted by Gasteiger charge is -2.21. The van der Waals surface area contributed by atoms with E-state index in [0.717, 1.165) is 58.9 Å². The molecule has 1 atom stereocenters. The summed E-state index contributed by atoms with van der Waals surface area (Å²) < 4.78 is 0. The molecule has 1 saturated heterocycles. The number of carbonyl (C=O) groups excluding carboxylic acids is 1. The molecule has 1 fully saturated rings. The number of rotatable bonds is 5. The van der Waals surface area contributed by atoms with Crippen LogP contribution in [0.5, 0.6) is 0 Å². The molecule has 0 radical (unpaired) electrons. The summed E-state index contributed by atoms with van der Waals surface area (Å²) in [6.07, 6.45) is 5.77. The molecule has 4 heterocycles. The molecule has 0 saturated carbocycles. The second-order valence-corrected chi connectivity index (χ2v) is 8.64. The van der Waals surface area contributed by atoms with E-state index in [4.69, 9.17) is 9.97 Å². The summed E-state index contributed by atoms with van der Waals surface area (Å²) in [5.74, 6) is 0.658. The Kier molecular flexibility index (Phi) is 5.34. The van der Waals surface area contributed by atoms with Crippen LogP contribution in [0.1, 0.15) is 41.2 Å². The van der Waals surface area contributed by atoms with Crippen LogP contribution in [0.2, 0.25) is 0 Å². The highest BCUT2D eigenvalue weighted by Gasteiger charge is 2.24. The first-order valence-corrected chi connectivity index (χ1v) is 11.4. The van der Waals surface area contributed by atoms with Gasteiger partial charge in [-0.2, -0.15) is 0 Å². The molecule has 0 aliphatic carbocycles. The molecule has 7 heteroatoms. The quantitative estimate of drug-likeness (QED) is 0.491. The second-order valence-electron chi connectivity index (χ2n) is 7.75. The summed E-state index contributed by atoms with van der Waals surface area (Å²) >= 11 is 1.55. The fourth-order valence-electron chi connectivity index (χ4n) is 3.92. The summed E-state index contributed by atoms with van der Waals surface area (Å²) in [4.78, 5) is 29.2. The Morgan fingerprint density at radius 2 is 1.87 bits per heavy atom. The minimum Gasteiger partial charge on any atom is -0.356 e. The number of fused-ring (bicyclic) bond motifs is 1. The molecule has 1 N–H and O–H groups in total. The highest BCUT2D eigenvalue weighted by Crippen LogP contribution is 2.28. The Morgan fingerprint density at radius 3 is 2.68 bits per heavy atom. The molecule has 1 aromatic carbocycles. The predicted octanol–water partition coefficient (Wildman–Crippen LogP) is 4.84. The average Bonchev–Trinajstić information content (AvgIpc) is 3.51. The van der Waals surface area contributed by atoms with Gasteiger partial charge in [-0.15, -0.1) is 11.3 Å². The maximum absolute atomic E-state index is 13.3. The molecule has 1 aliphatic heterocycles. The van der Waals surface area contributed by atoms with Crippen molar-refractivity contribution >= 4 is 34.0 Å². The second kappa shape index (κ2) is 8.43. The van der Waals surface area contributed by atoms with Crippen molar-refractivity contribution in [1.29, 1.82) is 0 Å². The van der Waals surface area contributed by atoms with Gasteiger partial charge >= 0.3 is 0 Å². The fraction of sp³-hybridized carbons (Fsp3) is 0.250. The number of benzene rings is 1. The van der Waals surface area contributed by atoms with Gasteiger partial charge < -0.3 is 10.2 Å². The zero-order chi connectivity index (χ0) is 21.2. The Bertz CT molecular complexity index is 1220. The van der Waals surface area contributed by atoms with Gasteiger partial charge in [0.05, 0.1) is 22.8 Å². The molecule has 4 aromatic rings.